The minimum atomic E-state index is -0.816. The highest BCUT2D eigenvalue weighted by Crippen LogP contribution is 2.24. The molecule has 2 aromatic rings. The Labute approximate surface area is 191 Å². The van der Waals surface area contributed by atoms with Crippen LogP contribution >= 0.6 is 23.4 Å². The van der Waals surface area contributed by atoms with E-state index in [-0.39, 0.29) is 29.9 Å². The number of hydrogen-bond acceptors (Lipinski definition) is 3. The summed E-state index contributed by atoms with van der Waals surface area (Å²) < 4.78 is 28.2. The first-order chi connectivity index (χ1) is 14.5. The average molecular weight is 469 g/mol. The Morgan fingerprint density at radius 2 is 1.74 bits per heavy atom. The summed E-state index contributed by atoms with van der Waals surface area (Å²) in [6.07, 6.45) is 0. The molecule has 0 aromatic heterocycles. The molecule has 0 bridgehead atoms. The zero-order chi connectivity index (χ0) is 23.2. The van der Waals surface area contributed by atoms with Crippen LogP contribution in [0, 0.1) is 11.6 Å². The highest BCUT2D eigenvalue weighted by atomic mass is 35.5. The van der Waals surface area contributed by atoms with Gasteiger partial charge in [0.2, 0.25) is 11.8 Å². The minimum absolute atomic E-state index is 0.00768. The predicted octanol–water partition coefficient (Wildman–Crippen LogP) is 5.18. The smallest absolute Gasteiger partial charge is 0.242 e. The normalized spacial score (nSPS) is 12.4. The lowest BCUT2D eigenvalue weighted by Crippen LogP contribution is -2.52. The van der Waals surface area contributed by atoms with Gasteiger partial charge in [-0.3, -0.25) is 9.59 Å². The molecule has 2 rings (SSSR count). The Morgan fingerprint density at radius 1 is 1.10 bits per heavy atom. The molecule has 0 radical (unpaired) electrons. The average Bonchev–Trinajstić information content (AvgIpc) is 2.67. The number of amides is 2. The number of rotatable bonds is 8. The largest absolute Gasteiger partial charge is 0.350 e. The fourth-order valence-electron chi connectivity index (χ4n) is 2.86. The second-order valence-electron chi connectivity index (χ2n) is 8.22. The van der Waals surface area contributed by atoms with E-state index in [1.165, 1.54) is 34.9 Å². The van der Waals surface area contributed by atoms with E-state index in [0.29, 0.717) is 16.1 Å². The van der Waals surface area contributed by atoms with Crippen molar-refractivity contribution < 1.29 is 18.4 Å². The van der Waals surface area contributed by atoms with Gasteiger partial charge in [-0.05, 0) is 45.9 Å². The molecule has 0 saturated carbocycles. The summed E-state index contributed by atoms with van der Waals surface area (Å²) in [4.78, 5) is 27.0. The highest BCUT2D eigenvalue weighted by molar-refractivity contribution is 7.99. The van der Waals surface area contributed by atoms with Crippen molar-refractivity contribution in [2.24, 2.45) is 0 Å². The Hall–Kier alpha value is -2.12. The van der Waals surface area contributed by atoms with Crippen molar-refractivity contribution in [3.63, 3.8) is 0 Å². The third-order valence-electron chi connectivity index (χ3n) is 4.50. The summed E-state index contributed by atoms with van der Waals surface area (Å²) >= 11 is 7.23. The van der Waals surface area contributed by atoms with Crippen LogP contribution in [0.3, 0.4) is 0 Å². The fourth-order valence-corrected chi connectivity index (χ4v) is 4.11. The van der Waals surface area contributed by atoms with Crippen LogP contribution in [-0.2, 0) is 21.9 Å². The van der Waals surface area contributed by atoms with Gasteiger partial charge in [0.25, 0.3) is 0 Å². The van der Waals surface area contributed by atoms with Gasteiger partial charge in [0.05, 0.1) is 5.75 Å². The first-order valence-electron chi connectivity index (χ1n) is 9.85. The van der Waals surface area contributed by atoms with Crippen LogP contribution in [-0.4, -0.2) is 34.0 Å². The molecule has 2 amide bonds. The molecule has 168 valence electrons. The summed E-state index contributed by atoms with van der Waals surface area (Å²) in [5.74, 6) is -1.38. The number of nitrogens with one attached hydrogen (secondary N) is 1. The Balaban J connectivity index is 2.15. The van der Waals surface area contributed by atoms with Crippen molar-refractivity contribution >= 4 is 35.2 Å². The molecule has 0 saturated heterocycles. The van der Waals surface area contributed by atoms with Gasteiger partial charge in [0.1, 0.15) is 17.7 Å². The molecule has 1 N–H and O–H groups in total. The van der Waals surface area contributed by atoms with Crippen molar-refractivity contribution in [1.29, 1.82) is 0 Å². The van der Waals surface area contributed by atoms with Gasteiger partial charge in [-0.1, -0.05) is 35.9 Å². The maximum absolute atomic E-state index is 14.2. The molecular formula is C23H27ClF2N2O2S. The zero-order valence-electron chi connectivity index (χ0n) is 18.0. The summed E-state index contributed by atoms with van der Waals surface area (Å²) in [6, 6.07) is 9.73. The Kier molecular flexibility index (Phi) is 8.89. The second kappa shape index (κ2) is 11.0. The standard InChI is InChI=1S/C23H27ClF2N2O2S/c1-15(22(30)27-23(2,3)4)28(12-16-8-5-6-10-19(16)25)21(29)14-31-13-17-18(24)9-7-11-20(17)26/h5-11,15H,12-14H2,1-4H3,(H,27,30). The lowest BCUT2D eigenvalue weighted by Gasteiger charge is -2.31. The van der Waals surface area contributed by atoms with Crippen LogP contribution in [0.15, 0.2) is 42.5 Å². The maximum Gasteiger partial charge on any atom is 0.242 e. The Bertz CT molecular complexity index is 914. The van der Waals surface area contributed by atoms with Crippen LogP contribution in [0.2, 0.25) is 5.02 Å². The van der Waals surface area contributed by atoms with Crippen molar-refractivity contribution in [3.8, 4) is 0 Å². The van der Waals surface area contributed by atoms with Crippen LogP contribution in [0.1, 0.15) is 38.8 Å². The van der Waals surface area contributed by atoms with E-state index in [1.54, 1.807) is 31.2 Å². The molecule has 4 nitrogen and oxygen atoms in total. The molecule has 0 aliphatic rings. The topological polar surface area (TPSA) is 49.4 Å². The van der Waals surface area contributed by atoms with E-state index < -0.39 is 23.2 Å². The minimum Gasteiger partial charge on any atom is -0.350 e. The zero-order valence-corrected chi connectivity index (χ0v) is 19.6. The Morgan fingerprint density at radius 3 is 2.35 bits per heavy atom. The van der Waals surface area contributed by atoms with E-state index in [0.717, 1.165) is 0 Å². The number of hydrogen-bond donors (Lipinski definition) is 1. The second-order valence-corrected chi connectivity index (χ2v) is 9.61. The first kappa shape index (κ1) is 25.1. The molecule has 0 spiro atoms. The van der Waals surface area contributed by atoms with Crippen molar-refractivity contribution in [2.45, 2.75) is 51.6 Å². The number of thioether (sulfide) groups is 1. The number of nitrogens with zero attached hydrogens (tertiary/aromatic N) is 1. The third-order valence-corrected chi connectivity index (χ3v) is 5.80. The van der Waals surface area contributed by atoms with E-state index in [1.807, 2.05) is 20.8 Å². The van der Waals surface area contributed by atoms with Gasteiger partial charge in [0.15, 0.2) is 0 Å². The van der Waals surface area contributed by atoms with Crippen LogP contribution < -0.4 is 5.32 Å². The number of carbonyl (C=O) groups excluding carboxylic acids is 2. The summed E-state index contributed by atoms with van der Waals surface area (Å²) in [5, 5.41) is 3.14. The number of benzene rings is 2. The van der Waals surface area contributed by atoms with Gasteiger partial charge >= 0.3 is 0 Å². The van der Waals surface area contributed by atoms with Gasteiger partial charge in [0, 0.05) is 34.0 Å². The summed E-state index contributed by atoms with van der Waals surface area (Å²) in [5.41, 5.74) is 0.156. The molecule has 8 heteroatoms. The van der Waals surface area contributed by atoms with Crippen molar-refractivity contribution in [1.82, 2.24) is 10.2 Å². The summed E-state index contributed by atoms with van der Waals surface area (Å²) in [6.45, 7) is 7.08. The van der Waals surface area contributed by atoms with Gasteiger partial charge in [-0.25, -0.2) is 8.78 Å². The molecule has 0 aliphatic heterocycles. The highest BCUT2D eigenvalue weighted by Gasteiger charge is 2.29. The lowest BCUT2D eigenvalue weighted by molar-refractivity contribution is -0.139. The molecule has 0 aliphatic carbocycles. The van der Waals surface area contributed by atoms with Crippen molar-refractivity contribution in [3.05, 3.63) is 70.2 Å². The summed E-state index contributed by atoms with van der Waals surface area (Å²) in [7, 11) is 0. The molecule has 0 heterocycles. The molecule has 31 heavy (non-hydrogen) atoms. The van der Waals surface area contributed by atoms with E-state index in [4.69, 9.17) is 11.6 Å². The van der Waals surface area contributed by atoms with E-state index >= 15 is 0 Å². The molecular weight excluding hydrogens is 442 g/mol. The number of carbonyl (C=O) groups is 2. The third kappa shape index (κ3) is 7.51. The molecule has 2 aromatic carbocycles. The molecule has 1 unspecified atom stereocenters. The van der Waals surface area contributed by atoms with Crippen LogP contribution in [0.5, 0.6) is 0 Å². The maximum atomic E-state index is 14.2. The quantitative estimate of drug-likeness (QED) is 0.580. The van der Waals surface area contributed by atoms with Gasteiger partial charge in [-0.2, -0.15) is 0 Å². The molecule has 1 atom stereocenters. The van der Waals surface area contributed by atoms with Crippen LogP contribution in [0.4, 0.5) is 8.78 Å². The van der Waals surface area contributed by atoms with Gasteiger partial charge < -0.3 is 10.2 Å². The van der Waals surface area contributed by atoms with Crippen molar-refractivity contribution in [2.75, 3.05) is 5.75 Å². The fraction of sp³-hybridized carbons (Fsp3) is 0.391. The first-order valence-corrected chi connectivity index (χ1v) is 11.4. The number of halogens is 3. The van der Waals surface area contributed by atoms with Gasteiger partial charge in [-0.15, -0.1) is 11.8 Å². The monoisotopic (exact) mass is 468 g/mol. The van der Waals surface area contributed by atoms with E-state index in [9.17, 15) is 18.4 Å². The SMILES string of the molecule is CC(C(=O)NC(C)(C)C)N(Cc1ccccc1F)C(=O)CSCc1c(F)cccc1Cl. The molecule has 0 fully saturated rings. The lowest BCUT2D eigenvalue weighted by atomic mass is 10.1. The predicted molar refractivity (Wildman–Crippen MR) is 122 cm³/mol. The van der Waals surface area contributed by atoms with Crippen LogP contribution in [0.25, 0.3) is 0 Å². The van der Waals surface area contributed by atoms with E-state index in [2.05, 4.69) is 5.32 Å².